The molecule has 0 aromatic heterocycles. The summed E-state index contributed by atoms with van der Waals surface area (Å²) in [4.78, 5) is 28.6. The van der Waals surface area contributed by atoms with Crippen LogP contribution in [0.4, 0.5) is 4.79 Å². The molecule has 1 saturated heterocycles. The Morgan fingerprint density at radius 3 is 2.64 bits per heavy atom. The summed E-state index contributed by atoms with van der Waals surface area (Å²) in [7, 11) is -3.62. The maximum atomic E-state index is 12.8. The third-order valence-electron chi connectivity index (χ3n) is 4.21. The van der Waals surface area contributed by atoms with Crippen LogP contribution in [0.15, 0.2) is 5.11 Å². The second-order valence-corrected chi connectivity index (χ2v) is 7.94. The van der Waals surface area contributed by atoms with Crippen LogP contribution < -0.4 is 0 Å². The topological polar surface area (TPSA) is 131 Å². The fourth-order valence-corrected chi connectivity index (χ4v) is 4.94. The highest BCUT2D eigenvalue weighted by Gasteiger charge is 2.48. The van der Waals surface area contributed by atoms with E-state index in [1.807, 2.05) is 0 Å². The Hall–Kier alpha value is -1.60. The SMILES string of the molecule is CCOP(=O)(C[C@@H](N=[N+]=[N-])C(=O)N1C(=O)O[C@@H]2CCCC[C@H]21)OCC. The Balaban J connectivity index is 2.21. The van der Waals surface area contributed by atoms with Crippen molar-refractivity contribution >= 4 is 19.6 Å². The normalized spacial score (nSPS) is 24.2. The fourth-order valence-electron chi connectivity index (χ4n) is 3.22. The molecule has 1 aliphatic heterocycles. The molecule has 0 aromatic carbocycles. The molecule has 1 saturated carbocycles. The van der Waals surface area contributed by atoms with Crippen molar-refractivity contribution in [3.05, 3.63) is 10.4 Å². The van der Waals surface area contributed by atoms with E-state index >= 15 is 0 Å². The molecule has 10 nitrogen and oxygen atoms in total. The van der Waals surface area contributed by atoms with E-state index in [-0.39, 0.29) is 25.4 Å². The van der Waals surface area contributed by atoms with Crippen LogP contribution in [0.25, 0.3) is 10.4 Å². The number of imide groups is 1. The summed E-state index contributed by atoms with van der Waals surface area (Å²) in [5.74, 6) is -0.725. The predicted molar refractivity (Wildman–Crippen MR) is 88.0 cm³/mol. The lowest BCUT2D eigenvalue weighted by Crippen LogP contribution is -2.47. The van der Waals surface area contributed by atoms with Gasteiger partial charge >= 0.3 is 13.7 Å². The molecule has 1 aliphatic carbocycles. The zero-order chi connectivity index (χ0) is 18.4. The summed E-state index contributed by atoms with van der Waals surface area (Å²) in [6.07, 6.45) is 1.65. The number of carbonyl (C=O) groups is 2. The number of fused-ring (bicyclic) bond motifs is 1. The van der Waals surface area contributed by atoms with Crippen LogP contribution in [0, 0.1) is 0 Å². The number of hydrogen-bond donors (Lipinski definition) is 0. The number of hydrogen-bond acceptors (Lipinski definition) is 7. The molecule has 0 aromatic rings. The first-order chi connectivity index (χ1) is 12.0. The molecule has 2 fully saturated rings. The standard InChI is InChI=1S/C14H23N4O6P/c1-3-22-25(21,23-4-2)9-10(16-17-15)13(19)18-11-7-5-6-8-12(11)24-14(18)20/h10-12H,3-9H2,1-2H3/t10-,11-,12-/m1/s1. The van der Waals surface area contributed by atoms with E-state index in [0.717, 1.165) is 17.7 Å². The van der Waals surface area contributed by atoms with Crippen molar-refractivity contribution < 1.29 is 27.9 Å². The van der Waals surface area contributed by atoms with Gasteiger partial charge in [0.15, 0.2) is 0 Å². The zero-order valence-corrected chi connectivity index (χ0v) is 15.3. The summed E-state index contributed by atoms with van der Waals surface area (Å²) in [5.41, 5.74) is 8.78. The Labute approximate surface area is 145 Å². The van der Waals surface area contributed by atoms with E-state index in [4.69, 9.17) is 19.3 Å². The summed E-state index contributed by atoms with van der Waals surface area (Å²) in [5, 5.41) is 3.44. The molecule has 11 heteroatoms. The van der Waals surface area contributed by atoms with Crippen molar-refractivity contribution in [2.75, 3.05) is 19.4 Å². The van der Waals surface area contributed by atoms with E-state index in [9.17, 15) is 14.2 Å². The molecule has 2 rings (SSSR count). The van der Waals surface area contributed by atoms with Crippen LogP contribution in [0.5, 0.6) is 0 Å². The quantitative estimate of drug-likeness (QED) is 0.277. The lowest BCUT2D eigenvalue weighted by Gasteiger charge is -2.28. The van der Waals surface area contributed by atoms with E-state index in [2.05, 4.69) is 10.0 Å². The van der Waals surface area contributed by atoms with Crippen molar-refractivity contribution in [1.29, 1.82) is 0 Å². The Morgan fingerprint density at radius 1 is 1.40 bits per heavy atom. The Kier molecular flexibility index (Phi) is 6.84. The molecule has 2 aliphatic rings. The summed E-state index contributed by atoms with van der Waals surface area (Å²) >= 11 is 0. The molecule has 2 amide bonds. The molecular formula is C14H23N4O6P. The summed E-state index contributed by atoms with van der Waals surface area (Å²) in [6, 6.07) is -1.73. The molecule has 1 heterocycles. The predicted octanol–water partition coefficient (Wildman–Crippen LogP) is 3.22. The molecule has 3 atom stereocenters. The monoisotopic (exact) mass is 374 g/mol. The van der Waals surface area contributed by atoms with Gasteiger partial charge in [0.2, 0.25) is 5.91 Å². The van der Waals surface area contributed by atoms with Gasteiger partial charge in [0.05, 0.1) is 25.4 Å². The van der Waals surface area contributed by atoms with Gasteiger partial charge in [-0.15, -0.1) is 0 Å². The van der Waals surface area contributed by atoms with Crippen LogP contribution in [0.3, 0.4) is 0 Å². The van der Waals surface area contributed by atoms with Gasteiger partial charge in [-0.3, -0.25) is 9.36 Å². The average Bonchev–Trinajstić information content (AvgIpc) is 2.90. The lowest BCUT2D eigenvalue weighted by molar-refractivity contribution is -0.130. The Morgan fingerprint density at radius 2 is 2.04 bits per heavy atom. The van der Waals surface area contributed by atoms with Gasteiger partial charge in [0.25, 0.3) is 0 Å². The average molecular weight is 374 g/mol. The summed E-state index contributed by atoms with van der Waals surface area (Å²) in [6.45, 7) is 3.51. The minimum absolute atomic E-state index is 0.116. The number of azide groups is 1. The third kappa shape index (κ3) is 4.52. The molecule has 0 N–H and O–H groups in total. The maximum absolute atomic E-state index is 12.8. The van der Waals surface area contributed by atoms with Crippen LogP contribution >= 0.6 is 7.60 Å². The Bertz CT molecular complexity index is 598. The van der Waals surface area contributed by atoms with Crippen LogP contribution in [-0.2, 0) is 23.1 Å². The molecule has 0 radical (unpaired) electrons. The largest absolute Gasteiger partial charge is 0.444 e. The minimum atomic E-state index is -3.62. The van der Waals surface area contributed by atoms with E-state index in [0.29, 0.717) is 12.8 Å². The van der Waals surface area contributed by atoms with Crippen LogP contribution in [-0.4, -0.2) is 54.5 Å². The van der Waals surface area contributed by atoms with Crippen molar-refractivity contribution in [1.82, 2.24) is 4.90 Å². The van der Waals surface area contributed by atoms with E-state index in [1.165, 1.54) is 0 Å². The van der Waals surface area contributed by atoms with Gasteiger partial charge in [0, 0.05) is 4.91 Å². The van der Waals surface area contributed by atoms with Gasteiger partial charge in [-0.05, 0) is 38.6 Å². The van der Waals surface area contributed by atoms with Crippen LogP contribution in [0.1, 0.15) is 39.5 Å². The van der Waals surface area contributed by atoms with Gasteiger partial charge in [-0.2, -0.15) is 0 Å². The molecule has 140 valence electrons. The smallest absolute Gasteiger partial charge is 0.417 e. The highest BCUT2D eigenvalue weighted by molar-refractivity contribution is 7.54. The van der Waals surface area contributed by atoms with E-state index < -0.39 is 31.8 Å². The first-order valence-electron chi connectivity index (χ1n) is 8.41. The number of amides is 2. The molecule has 25 heavy (non-hydrogen) atoms. The van der Waals surface area contributed by atoms with Crippen LogP contribution in [0.2, 0.25) is 0 Å². The highest BCUT2D eigenvalue weighted by Crippen LogP contribution is 2.49. The van der Waals surface area contributed by atoms with Crippen molar-refractivity contribution in [2.45, 2.75) is 57.7 Å². The van der Waals surface area contributed by atoms with Crippen molar-refractivity contribution in [3.8, 4) is 0 Å². The number of nitrogens with zero attached hydrogens (tertiary/aromatic N) is 4. The first kappa shape index (κ1) is 19.7. The third-order valence-corrected chi connectivity index (χ3v) is 6.31. The number of rotatable bonds is 8. The fraction of sp³-hybridized carbons (Fsp3) is 0.857. The second-order valence-electron chi connectivity index (χ2n) is 5.83. The molecule has 0 spiro atoms. The lowest BCUT2D eigenvalue weighted by atomic mass is 9.92. The van der Waals surface area contributed by atoms with Crippen molar-refractivity contribution in [3.63, 3.8) is 0 Å². The second kappa shape index (κ2) is 8.67. The van der Waals surface area contributed by atoms with Gasteiger partial charge < -0.3 is 13.8 Å². The number of ether oxygens (including phenoxy) is 1. The number of carbonyl (C=O) groups excluding carboxylic acids is 2. The van der Waals surface area contributed by atoms with Crippen molar-refractivity contribution in [2.24, 2.45) is 5.11 Å². The maximum Gasteiger partial charge on any atom is 0.417 e. The van der Waals surface area contributed by atoms with Gasteiger partial charge in [-0.1, -0.05) is 11.5 Å². The van der Waals surface area contributed by atoms with E-state index in [1.54, 1.807) is 13.8 Å². The molecule has 0 bridgehead atoms. The summed E-state index contributed by atoms with van der Waals surface area (Å²) < 4.78 is 28.2. The highest BCUT2D eigenvalue weighted by atomic mass is 31.2. The first-order valence-corrected chi connectivity index (χ1v) is 10.1. The van der Waals surface area contributed by atoms with Gasteiger partial charge in [-0.25, -0.2) is 9.69 Å². The molecule has 0 unspecified atom stereocenters. The zero-order valence-electron chi connectivity index (χ0n) is 14.4. The molecular weight excluding hydrogens is 351 g/mol. The van der Waals surface area contributed by atoms with Gasteiger partial charge in [0.1, 0.15) is 12.1 Å². The minimum Gasteiger partial charge on any atom is -0.444 e.